The summed E-state index contributed by atoms with van der Waals surface area (Å²) >= 11 is 0. The number of nitrogens with zero attached hydrogens (tertiary/aromatic N) is 1. The number of hydrogen-bond donors (Lipinski definition) is 1. The molecule has 0 fully saturated rings. The molecular weight excluding hydrogens is 248 g/mol. The van der Waals surface area contributed by atoms with E-state index in [-0.39, 0.29) is 6.04 Å². The van der Waals surface area contributed by atoms with Gasteiger partial charge in [0, 0.05) is 11.8 Å². The smallest absolute Gasteiger partial charge is 0.124 e. The molecule has 0 saturated carbocycles. The van der Waals surface area contributed by atoms with Crippen molar-refractivity contribution in [2.45, 2.75) is 33.2 Å². The van der Waals surface area contributed by atoms with Crippen LogP contribution in [0.2, 0.25) is 0 Å². The van der Waals surface area contributed by atoms with Gasteiger partial charge in [0.2, 0.25) is 0 Å². The summed E-state index contributed by atoms with van der Waals surface area (Å²) in [5, 5.41) is 0. The highest BCUT2D eigenvalue weighted by molar-refractivity contribution is 5.41. The molecule has 2 N–H and O–H groups in total. The molecule has 1 aromatic heterocycles. The Bertz CT molecular complexity index is 581. The fourth-order valence-corrected chi connectivity index (χ4v) is 2.28. The van der Waals surface area contributed by atoms with Crippen LogP contribution >= 0.6 is 0 Å². The van der Waals surface area contributed by atoms with Crippen LogP contribution in [-0.4, -0.2) is 11.6 Å². The first-order valence-corrected chi connectivity index (χ1v) is 7.04. The maximum absolute atomic E-state index is 6.40. The Morgan fingerprint density at radius 2 is 2.00 bits per heavy atom. The maximum Gasteiger partial charge on any atom is 0.124 e. The number of pyridine rings is 1. The molecule has 0 aliphatic heterocycles. The Labute approximate surface area is 120 Å². The zero-order valence-electron chi connectivity index (χ0n) is 12.4. The quantitative estimate of drug-likeness (QED) is 0.904. The van der Waals surface area contributed by atoms with E-state index < -0.39 is 0 Å². The lowest BCUT2D eigenvalue weighted by atomic mass is 9.99. The molecule has 106 valence electrons. The lowest BCUT2D eigenvalue weighted by Gasteiger charge is -2.18. The van der Waals surface area contributed by atoms with Gasteiger partial charge in [-0.25, -0.2) is 0 Å². The third-order valence-corrected chi connectivity index (χ3v) is 3.27. The van der Waals surface area contributed by atoms with Crippen LogP contribution in [0.5, 0.6) is 5.75 Å². The zero-order valence-corrected chi connectivity index (χ0v) is 12.4. The number of aromatic nitrogens is 1. The molecule has 20 heavy (non-hydrogen) atoms. The summed E-state index contributed by atoms with van der Waals surface area (Å²) in [7, 11) is 0. The van der Waals surface area contributed by atoms with E-state index in [2.05, 4.69) is 18.0 Å². The molecule has 3 heteroatoms. The van der Waals surface area contributed by atoms with E-state index in [1.165, 1.54) is 0 Å². The number of ether oxygens (including phenoxy) is 1. The first-order chi connectivity index (χ1) is 9.63. The van der Waals surface area contributed by atoms with Gasteiger partial charge in [-0.3, -0.25) is 4.98 Å². The van der Waals surface area contributed by atoms with Gasteiger partial charge >= 0.3 is 0 Å². The topological polar surface area (TPSA) is 48.1 Å². The average molecular weight is 270 g/mol. The average Bonchev–Trinajstić information content (AvgIpc) is 2.45. The molecule has 1 unspecified atom stereocenters. The van der Waals surface area contributed by atoms with Crippen molar-refractivity contribution in [3.05, 3.63) is 58.9 Å². The third-order valence-electron chi connectivity index (χ3n) is 3.27. The van der Waals surface area contributed by atoms with Crippen LogP contribution in [0, 0.1) is 13.8 Å². The summed E-state index contributed by atoms with van der Waals surface area (Å²) in [5.41, 5.74) is 10.6. The lowest BCUT2D eigenvalue weighted by molar-refractivity contribution is 0.313. The van der Waals surface area contributed by atoms with E-state index >= 15 is 0 Å². The normalized spacial score (nSPS) is 12.2. The van der Waals surface area contributed by atoms with Crippen LogP contribution in [0.3, 0.4) is 0 Å². The predicted molar refractivity (Wildman–Crippen MR) is 82.0 cm³/mol. The molecule has 2 aromatic rings. The van der Waals surface area contributed by atoms with Crippen LogP contribution in [0.15, 0.2) is 36.5 Å². The monoisotopic (exact) mass is 270 g/mol. The molecule has 0 aliphatic rings. The molecule has 1 atom stereocenters. The highest BCUT2D eigenvalue weighted by atomic mass is 16.5. The minimum atomic E-state index is -0.261. The van der Waals surface area contributed by atoms with Gasteiger partial charge in [-0.15, -0.1) is 0 Å². The molecule has 0 amide bonds. The van der Waals surface area contributed by atoms with Crippen molar-refractivity contribution < 1.29 is 4.74 Å². The molecule has 2 rings (SSSR count). The second-order valence-corrected chi connectivity index (χ2v) is 5.08. The molecule has 3 nitrogen and oxygen atoms in total. The van der Waals surface area contributed by atoms with Crippen LogP contribution in [-0.2, 0) is 0 Å². The number of nitrogens with two attached hydrogens (primary N) is 1. The Hall–Kier alpha value is -1.87. The van der Waals surface area contributed by atoms with E-state index in [4.69, 9.17) is 10.5 Å². The van der Waals surface area contributed by atoms with Crippen molar-refractivity contribution in [1.29, 1.82) is 0 Å². The lowest BCUT2D eigenvalue weighted by Crippen LogP contribution is -2.16. The van der Waals surface area contributed by atoms with E-state index in [1.807, 2.05) is 44.3 Å². The Morgan fingerprint density at radius 1 is 1.25 bits per heavy atom. The van der Waals surface area contributed by atoms with Gasteiger partial charge in [-0.05, 0) is 37.5 Å². The largest absolute Gasteiger partial charge is 0.493 e. The van der Waals surface area contributed by atoms with Crippen molar-refractivity contribution in [2.24, 2.45) is 5.73 Å². The maximum atomic E-state index is 6.40. The molecule has 0 spiro atoms. The SMILES string of the molecule is CCCOc1ccccc1C(N)c1ncc(C)cc1C. The summed E-state index contributed by atoms with van der Waals surface area (Å²) in [6, 6.07) is 9.78. The molecule has 0 aliphatic carbocycles. The summed E-state index contributed by atoms with van der Waals surface area (Å²) in [5.74, 6) is 0.851. The number of hydrogen-bond acceptors (Lipinski definition) is 3. The number of aryl methyl sites for hydroxylation is 2. The van der Waals surface area contributed by atoms with Crippen LogP contribution < -0.4 is 10.5 Å². The van der Waals surface area contributed by atoms with Crippen molar-refractivity contribution >= 4 is 0 Å². The first-order valence-electron chi connectivity index (χ1n) is 7.04. The van der Waals surface area contributed by atoms with Crippen LogP contribution in [0.25, 0.3) is 0 Å². The molecular formula is C17H22N2O. The Morgan fingerprint density at radius 3 is 2.70 bits per heavy atom. The van der Waals surface area contributed by atoms with Gasteiger partial charge in [0.05, 0.1) is 18.3 Å². The molecule has 1 heterocycles. The van der Waals surface area contributed by atoms with Crippen molar-refractivity contribution in [3.63, 3.8) is 0 Å². The Balaban J connectivity index is 2.35. The molecule has 0 bridgehead atoms. The van der Waals surface area contributed by atoms with Crippen molar-refractivity contribution in [1.82, 2.24) is 4.98 Å². The molecule has 0 radical (unpaired) electrons. The molecule has 1 aromatic carbocycles. The summed E-state index contributed by atoms with van der Waals surface area (Å²) in [6.45, 7) is 6.87. The highest BCUT2D eigenvalue weighted by Gasteiger charge is 2.17. The van der Waals surface area contributed by atoms with E-state index in [9.17, 15) is 0 Å². The van der Waals surface area contributed by atoms with Crippen molar-refractivity contribution in [2.75, 3.05) is 6.61 Å². The predicted octanol–water partition coefficient (Wildman–Crippen LogP) is 3.54. The standard InChI is InChI=1S/C17H22N2O/c1-4-9-20-15-8-6-5-7-14(15)16(18)17-13(3)10-12(2)11-19-17/h5-8,10-11,16H,4,9,18H2,1-3H3. The van der Waals surface area contributed by atoms with Gasteiger partial charge in [-0.2, -0.15) is 0 Å². The van der Waals surface area contributed by atoms with E-state index in [0.29, 0.717) is 6.61 Å². The summed E-state index contributed by atoms with van der Waals surface area (Å²) in [4.78, 5) is 4.49. The second kappa shape index (κ2) is 6.53. The van der Waals surface area contributed by atoms with Gasteiger partial charge < -0.3 is 10.5 Å². The Kier molecular flexibility index (Phi) is 4.74. The number of para-hydroxylation sites is 1. The second-order valence-electron chi connectivity index (χ2n) is 5.08. The number of benzene rings is 1. The van der Waals surface area contributed by atoms with Crippen LogP contribution in [0.1, 0.15) is 41.8 Å². The van der Waals surface area contributed by atoms with E-state index in [0.717, 1.165) is 34.6 Å². The fraction of sp³-hybridized carbons (Fsp3) is 0.353. The van der Waals surface area contributed by atoms with Gasteiger partial charge in [0.25, 0.3) is 0 Å². The van der Waals surface area contributed by atoms with Gasteiger partial charge in [0.15, 0.2) is 0 Å². The fourth-order valence-electron chi connectivity index (χ4n) is 2.28. The highest BCUT2D eigenvalue weighted by Crippen LogP contribution is 2.29. The summed E-state index contributed by atoms with van der Waals surface area (Å²) in [6.07, 6.45) is 2.84. The minimum Gasteiger partial charge on any atom is -0.493 e. The van der Waals surface area contributed by atoms with Crippen molar-refractivity contribution in [3.8, 4) is 5.75 Å². The first kappa shape index (κ1) is 14.5. The van der Waals surface area contributed by atoms with E-state index in [1.54, 1.807) is 0 Å². The van der Waals surface area contributed by atoms with Crippen LogP contribution in [0.4, 0.5) is 0 Å². The third kappa shape index (κ3) is 3.17. The van der Waals surface area contributed by atoms with Gasteiger partial charge in [-0.1, -0.05) is 31.2 Å². The molecule has 0 saturated heterocycles. The number of rotatable bonds is 5. The summed E-state index contributed by atoms with van der Waals surface area (Å²) < 4.78 is 5.78. The van der Waals surface area contributed by atoms with Gasteiger partial charge in [0.1, 0.15) is 5.75 Å². The minimum absolute atomic E-state index is 0.261. The zero-order chi connectivity index (χ0) is 14.5.